The summed E-state index contributed by atoms with van der Waals surface area (Å²) < 4.78 is 10.9. The molecule has 0 saturated heterocycles. The van der Waals surface area contributed by atoms with Gasteiger partial charge in [0.25, 0.3) is 5.91 Å². The lowest BCUT2D eigenvalue weighted by atomic mass is 10.2. The molecule has 0 spiro atoms. The maximum Gasteiger partial charge on any atom is 0.261 e. The molecule has 6 nitrogen and oxygen atoms in total. The lowest BCUT2D eigenvalue weighted by Gasteiger charge is -2.15. The normalized spacial score (nSPS) is 11.8. The highest BCUT2D eigenvalue weighted by atomic mass is 16.5. The Hall–Kier alpha value is -3.15. The average molecular weight is 337 g/mol. The Morgan fingerprint density at radius 2 is 1.88 bits per heavy atom. The number of amides is 1. The zero-order chi connectivity index (χ0) is 17.6. The summed E-state index contributed by atoms with van der Waals surface area (Å²) in [5.74, 6) is 1.28. The molecule has 128 valence electrons. The Bertz CT molecular complexity index is 846. The number of aromatic nitrogens is 2. The van der Waals surface area contributed by atoms with Gasteiger partial charge in [0.15, 0.2) is 6.10 Å². The molecule has 1 heterocycles. The molecule has 1 unspecified atom stereocenters. The van der Waals surface area contributed by atoms with Crippen LogP contribution in [0.3, 0.4) is 0 Å². The molecule has 25 heavy (non-hydrogen) atoms. The monoisotopic (exact) mass is 337 g/mol. The fourth-order valence-corrected chi connectivity index (χ4v) is 2.27. The van der Waals surface area contributed by atoms with Crippen molar-refractivity contribution in [1.29, 1.82) is 0 Å². The van der Waals surface area contributed by atoms with Crippen molar-refractivity contribution < 1.29 is 14.1 Å². The molecule has 0 aliphatic heterocycles. The summed E-state index contributed by atoms with van der Waals surface area (Å²) in [5.41, 5.74) is 1.84. The molecule has 1 N–H and O–H groups in total. The molecule has 3 rings (SSSR count). The SMILES string of the molecule is Cc1ccccc1OC(C)C(=O)NCc1nc(-c2ccccc2)no1. The number of nitrogens with zero attached hydrogens (tertiary/aromatic N) is 2. The molecule has 0 fully saturated rings. The molecule has 1 amide bonds. The van der Waals surface area contributed by atoms with E-state index in [1.54, 1.807) is 6.92 Å². The van der Waals surface area contributed by atoms with Gasteiger partial charge >= 0.3 is 0 Å². The number of ether oxygens (including phenoxy) is 1. The minimum absolute atomic E-state index is 0.153. The lowest BCUT2D eigenvalue weighted by Crippen LogP contribution is -2.36. The first kappa shape index (κ1) is 16.7. The largest absolute Gasteiger partial charge is 0.481 e. The molecule has 0 aliphatic rings. The van der Waals surface area contributed by atoms with Crippen LogP contribution in [0.5, 0.6) is 5.75 Å². The Labute approximate surface area is 145 Å². The van der Waals surface area contributed by atoms with Gasteiger partial charge in [0, 0.05) is 5.56 Å². The summed E-state index contributed by atoms with van der Waals surface area (Å²) >= 11 is 0. The van der Waals surface area contributed by atoms with Crippen LogP contribution in [0.15, 0.2) is 59.1 Å². The van der Waals surface area contributed by atoms with E-state index in [9.17, 15) is 4.79 Å². The van der Waals surface area contributed by atoms with E-state index in [0.29, 0.717) is 17.5 Å². The smallest absolute Gasteiger partial charge is 0.261 e. The Balaban J connectivity index is 1.55. The van der Waals surface area contributed by atoms with Crippen LogP contribution in [0.25, 0.3) is 11.4 Å². The molecule has 0 radical (unpaired) electrons. The molecule has 3 aromatic rings. The third-order valence-electron chi connectivity index (χ3n) is 3.68. The van der Waals surface area contributed by atoms with Crippen LogP contribution in [0.2, 0.25) is 0 Å². The minimum atomic E-state index is -0.627. The van der Waals surface area contributed by atoms with Crippen LogP contribution in [0, 0.1) is 6.92 Å². The van der Waals surface area contributed by atoms with Crippen molar-refractivity contribution in [2.75, 3.05) is 0 Å². The maximum atomic E-state index is 12.2. The van der Waals surface area contributed by atoms with Crippen LogP contribution in [0.1, 0.15) is 18.4 Å². The Kier molecular flexibility index (Phi) is 5.09. The summed E-state index contributed by atoms with van der Waals surface area (Å²) in [6, 6.07) is 17.1. The van der Waals surface area contributed by atoms with E-state index in [-0.39, 0.29) is 12.5 Å². The second-order valence-corrected chi connectivity index (χ2v) is 5.62. The summed E-state index contributed by atoms with van der Waals surface area (Å²) in [5, 5.41) is 6.66. The highest BCUT2D eigenvalue weighted by Crippen LogP contribution is 2.18. The van der Waals surface area contributed by atoms with Crippen molar-refractivity contribution in [1.82, 2.24) is 15.5 Å². The van der Waals surface area contributed by atoms with Crippen LogP contribution in [-0.4, -0.2) is 22.2 Å². The average Bonchev–Trinajstić information content (AvgIpc) is 3.11. The van der Waals surface area contributed by atoms with Crippen LogP contribution >= 0.6 is 0 Å². The van der Waals surface area contributed by atoms with Crippen molar-refractivity contribution in [3.05, 3.63) is 66.1 Å². The van der Waals surface area contributed by atoms with E-state index in [1.807, 2.05) is 61.5 Å². The number of hydrogen-bond acceptors (Lipinski definition) is 5. The second-order valence-electron chi connectivity index (χ2n) is 5.62. The summed E-state index contributed by atoms with van der Waals surface area (Å²) in [6.45, 7) is 3.79. The topological polar surface area (TPSA) is 77.2 Å². The second kappa shape index (κ2) is 7.61. The lowest BCUT2D eigenvalue weighted by molar-refractivity contribution is -0.127. The first-order valence-electron chi connectivity index (χ1n) is 8.01. The summed E-state index contributed by atoms with van der Waals surface area (Å²) in [7, 11) is 0. The molecular formula is C19H19N3O3. The number of carbonyl (C=O) groups is 1. The number of carbonyl (C=O) groups excluding carboxylic acids is 1. The first-order valence-corrected chi connectivity index (χ1v) is 8.01. The van der Waals surface area contributed by atoms with Gasteiger partial charge in [-0.25, -0.2) is 0 Å². The van der Waals surface area contributed by atoms with E-state index in [0.717, 1.165) is 11.1 Å². The summed E-state index contributed by atoms with van der Waals surface area (Å²) in [6.07, 6.45) is -0.627. The number of aryl methyl sites for hydroxylation is 1. The van der Waals surface area contributed by atoms with Crippen molar-refractivity contribution in [2.45, 2.75) is 26.5 Å². The minimum Gasteiger partial charge on any atom is -0.481 e. The fraction of sp³-hybridized carbons (Fsp3) is 0.211. The van der Waals surface area contributed by atoms with Crippen molar-refractivity contribution in [3.63, 3.8) is 0 Å². The van der Waals surface area contributed by atoms with E-state index in [1.165, 1.54) is 0 Å². The predicted octanol–water partition coefficient (Wildman–Crippen LogP) is 3.13. The fourth-order valence-electron chi connectivity index (χ4n) is 2.27. The van der Waals surface area contributed by atoms with E-state index in [2.05, 4.69) is 15.5 Å². The maximum absolute atomic E-state index is 12.2. The van der Waals surface area contributed by atoms with Crippen molar-refractivity contribution >= 4 is 5.91 Å². The molecule has 1 atom stereocenters. The highest BCUT2D eigenvalue weighted by molar-refractivity contribution is 5.80. The van der Waals surface area contributed by atoms with Gasteiger partial charge in [0.05, 0.1) is 6.54 Å². The van der Waals surface area contributed by atoms with E-state index >= 15 is 0 Å². The number of para-hydroxylation sites is 1. The number of rotatable bonds is 6. The van der Waals surface area contributed by atoms with Gasteiger partial charge < -0.3 is 14.6 Å². The summed E-state index contributed by atoms with van der Waals surface area (Å²) in [4.78, 5) is 16.5. The molecule has 2 aromatic carbocycles. The van der Waals surface area contributed by atoms with Gasteiger partial charge in [-0.1, -0.05) is 53.7 Å². The molecule has 0 saturated carbocycles. The predicted molar refractivity (Wildman–Crippen MR) is 92.8 cm³/mol. The highest BCUT2D eigenvalue weighted by Gasteiger charge is 2.16. The van der Waals surface area contributed by atoms with Crippen LogP contribution < -0.4 is 10.1 Å². The third-order valence-corrected chi connectivity index (χ3v) is 3.68. The Morgan fingerprint density at radius 3 is 2.64 bits per heavy atom. The molecule has 0 bridgehead atoms. The van der Waals surface area contributed by atoms with Crippen molar-refractivity contribution in [2.24, 2.45) is 0 Å². The molecule has 0 aliphatic carbocycles. The van der Waals surface area contributed by atoms with Gasteiger partial charge in [0.2, 0.25) is 11.7 Å². The van der Waals surface area contributed by atoms with E-state index < -0.39 is 6.10 Å². The van der Waals surface area contributed by atoms with Gasteiger partial charge in [0.1, 0.15) is 5.75 Å². The number of nitrogens with one attached hydrogen (secondary N) is 1. The van der Waals surface area contributed by atoms with Crippen LogP contribution in [-0.2, 0) is 11.3 Å². The number of benzene rings is 2. The van der Waals surface area contributed by atoms with Gasteiger partial charge in [-0.05, 0) is 25.5 Å². The molecular weight excluding hydrogens is 318 g/mol. The zero-order valence-corrected chi connectivity index (χ0v) is 14.1. The van der Waals surface area contributed by atoms with Crippen molar-refractivity contribution in [3.8, 4) is 17.1 Å². The first-order chi connectivity index (χ1) is 12.1. The molecule has 1 aromatic heterocycles. The third kappa shape index (κ3) is 4.23. The van der Waals surface area contributed by atoms with E-state index in [4.69, 9.17) is 9.26 Å². The quantitative estimate of drug-likeness (QED) is 0.748. The Morgan fingerprint density at radius 1 is 1.16 bits per heavy atom. The standard InChI is InChI=1S/C19H19N3O3/c1-13-8-6-7-11-16(13)24-14(2)19(23)20-12-17-21-18(22-25-17)15-9-4-3-5-10-15/h3-11,14H,12H2,1-2H3,(H,20,23). The zero-order valence-electron chi connectivity index (χ0n) is 14.1. The number of hydrogen-bond donors (Lipinski definition) is 1. The van der Waals surface area contributed by atoms with Crippen LogP contribution in [0.4, 0.5) is 0 Å². The van der Waals surface area contributed by atoms with Gasteiger partial charge in [-0.15, -0.1) is 0 Å². The van der Waals surface area contributed by atoms with Gasteiger partial charge in [-0.3, -0.25) is 4.79 Å². The van der Waals surface area contributed by atoms with Gasteiger partial charge in [-0.2, -0.15) is 4.98 Å². The molecule has 6 heteroatoms.